The third-order valence-electron chi connectivity index (χ3n) is 4.49. The van der Waals surface area contributed by atoms with Gasteiger partial charge in [0, 0.05) is 30.6 Å². The maximum atomic E-state index is 12.8. The number of rotatable bonds is 7. The lowest BCUT2D eigenvalue weighted by Gasteiger charge is -2.17. The second-order valence-electron chi connectivity index (χ2n) is 6.44. The molecule has 0 radical (unpaired) electrons. The number of amides is 1. The van der Waals surface area contributed by atoms with Crippen LogP contribution in [0.5, 0.6) is 0 Å². The number of unbranched alkanes of at least 4 members (excludes halogenated alkanes) is 2. The average molecular weight is 328 g/mol. The molecule has 1 aromatic carbocycles. The van der Waals surface area contributed by atoms with Gasteiger partial charge in [-0.05, 0) is 49.4 Å². The average Bonchev–Trinajstić information content (AvgIpc) is 2.55. The number of nitrogens with zero attached hydrogens (tertiary/aromatic N) is 1. The molecule has 0 aliphatic heterocycles. The third-order valence-corrected chi connectivity index (χ3v) is 4.49. The van der Waals surface area contributed by atoms with E-state index >= 15 is 0 Å². The molecule has 0 fully saturated rings. The number of hydrogen-bond donors (Lipinski definition) is 1. The molecule has 2 aromatic rings. The summed E-state index contributed by atoms with van der Waals surface area (Å²) in [5.41, 5.74) is 3.94. The molecule has 1 N–H and O–H groups in total. The predicted molar refractivity (Wildman–Crippen MR) is 101 cm³/mol. The van der Waals surface area contributed by atoms with Crippen LogP contribution >= 0.6 is 0 Å². The smallest absolute Gasteiger partial charge is 0.254 e. The summed E-state index contributed by atoms with van der Waals surface area (Å²) in [4.78, 5) is 24.2. The quantitative estimate of drug-likeness (QED) is 0.829. The Bertz CT molecular complexity index is 790. The largest absolute Gasteiger partial charge is 0.326 e. The lowest BCUT2D eigenvalue weighted by Crippen LogP contribution is -2.24. The van der Waals surface area contributed by atoms with Gasteiger partial charge in [0.25, 0.3) is 5.56 Å². The van der Waals surface area contributed by atoms with Crippen molar-refractivity contribution in [2.75, 3.05) is 5.32 Å². The topological polar surface area (TPSA) is 51.1 Å². The Morgan fingerprint density at radius 3 is 2.29 bits per heavy atom. The van der Waals surface area contributed by atoms with E-state index in [1.807, 2.05) is 25.2 Å². The van der Waals surface area contributed by atoms with Crippen molar-refractivity contribution < 1.29 is 4.79 Å². The number of carbonyl (C=O) groups is 1. The van der Waals surface area contributed by atoms with Gasteiger partial charge < -0.3 is 9.88 Å². The van der Waals surface area contributed by atoms with Crippen molar-refractivity contribution >= 4 is 22.5 Å². The molecule has 0 atom stereocenters. The number of anilines is 1. The Kier molecular flexibility index (Phi) is 6.18. The molecule has 0 bridgehead atoms. The molecule has 0 saturated carbocycles. The third kappa shape index (κ3) is 3.86. The van der Waals surface area contributed by atoms with Crippen LogP contribution in [0.2, 0.25) is 0 Å². The first-order valence-electron chi connectivity index (χ1n) is 8.91. The van der Waals surface area contributed by atoms with Crippen LogP contribution in [-0.2, 0) is 24.7 Å². The monoisotopic (exact) mass is 328 g/mol. The van der Waals surface area contributed by atoms with Crippen LogP contribution in [0.4, 0.5) is 5.69 Å². The molecule has 0 unspecified atom stereocenters. The zero-order chi connectivity index (χ0) is 17.7. The molecular formula is C20H28N2O2. The summed E-state index contributed by atoms with van der Waals surface area (Å²) in [5.74, 6) is -0.0829. The van der Waals surface area contributed by atoms with E-state index in [4.69, 9.17) is 0 Å². The van der Waals surface area contributed by atoms with Crippen molar-refractivity contribution in [2.45, 2.75) is 59.3 Å². The number of pyridine rings is 1. The first kappa shape index (κ1) is 18.2. The fraction of sp³-hybridized carbons (Fsp3) is 0.500. The molecule has 0 saturated heterocycles. The van der Waals surface area contributed by atoms with Gasteiger partial charge in [0.2, 0.25) is 5.91 Å². The van der Waals surface area contributed by atoms with Gasteiger partial charge in [-0.2, -0.15) is 0 Å². The normalized spacial score (nSPS) is 11.0. The lowest BCUT2D eigenvalue weighted by molar-refractivity contribution is -0.114. The SMILES string of the molecule is CCCCc1c(CCCC)c2cc(NC(C)=O)ccc2n(C)c1=O. The van der Waals surface area contributed by atoms with Crippen molar-refractivity contribution in [1.29, 1.82) is 0 Å². The number of fused-ring (bicyclic) bond motifs is 1. The van der Waals surface area contributed by atoms with Gasteiger partial charge >= 0.3 is 0 Å². The molecule has 4 nitrogen and oxygen atoms in total. The minimum atomic E-state index is -0.0829. The summed E-state index contributed by atoms with van der Waals surface area (Å²) in [5, 5.41) is 3.94. The summed E-state index contributed by atoms with van der Waals surface area (Å²) in [6, 6.07) is 5.80. The second kappa shape index (κ2) is 8.13. The standard InChI is InChI=1S/C20H28N2O2/c1-5-7-9-16-17(10-8-6-2)20(24)22(4)19-12-11-15(13-18(16)19)21-14(3)23/h11-13H,5-10H2,1-4H3,(H,21,23). The van der Waals surface area contributed by atoms with Crippen LogP contribution < -0.4 is 10.9 Å². The van der Waals surface area contributed by atoms with E-state index in [1.165, 1.54) is 6.92 Å². The number of nitrogens with one attached hydrogen (secondary N) is 1. The Balaban J connectivity index is 2.70. The molecule has 1 heterocycles. The van der Waals surface area contributed by atoms with E-state index in [2.05, 4.69) is 19.2 Å². The number of benzene rings is 1. The first-order chi connectivity index (χ1) is 11.5. The predicted octanol–water partition coefficient (Wildman–Crippen LogP) is 4.18. The van der Waals surface area contributed by atoms with E-state index in [1.54, 1.807) is 4.57 Å². The summed E-state index contributed by atoms with van der Waals surface area (Å²) in [6.07, 6.45) is 5.97. The van der Waals surface area contributed by atoms with Crippen LogP contribution in [0.25, 0.3) is 10.9 Å². The molecule has 24 heavy (non-hydrogen) atoms. The Morgan fingerprint density at radius 1 is 1.08 bits per heavy atom. The van der Waals surface area contributed by atoms with Crippen LogP contribution in [0.15, 0.2) is 23.0 Å². The Labute approximate surface area is 143 Å². The molecule has 1 amide bonds. The number of carbonyl (C=O) groups excluding carboxylic acids is 1. The van der Waals surface area contributed by atoms with E-state index in [0.717, 1.165) is 66.2 Å². The fourth-order valence-electron chi connectivity index (χ4n) is 3.21. The maximum Gasteiger partial charge on any atom is 0.254 e. The second-order valence-corrected chi connectivity index (χ2v) is 6.44. The summed E-state index contributed by atoms with van der Waals surface area (Å²) in [7, 11) is 1.84. The minimum absolute atomic E-state index is 0.0829. The summed E-state index contributed by atoms with van der Waals surface area (Å²) in [6.45, 7) is 5.82. The van der Waals surface area contributed by atoms with Crippen LogP contribution in [0.3, 0.4) is 0 Å². The van der Waals surface area contributed by atoms with Crippen molar-refractivity contribution in [3.63, 3.8) is 0 Å². The molecule has 0 aliphatic rings. The maximum absolute atomic E-state index is 12.8. The van der Waals surface area contributed by atoms with Gasteiger partial charge in [0.15, 0.2) is 0 Å². The van der Waals surface area contributed by atoms with Crippen molar-refractivity contribution in [1.82, 2.24) is 4.57 Å². The highest BCUT2D eigenvalue weighted by molar-refractivity contribution is 5.93. The number of hydrogen-bond acceptors (Lipinski definition) is 2. The molecule has 130 valence electrons. The lowest BCUT2D eigenvalue weighted by atomic mass is 9.94. The van der Waals surface area contributed by atoms with Gasteiger partial charge in [-0.1, -0.05) is 26.7 Å². The highest BCUT2D eigenvalue weighted by Crippen LogP contribution is 2.26. The molecule has 2 rings (SSSR count). The molecular weight excluding hydrogens is 300 g/mol. The van der Waals surface area contributed by atoms with E-state index in [0.29, 0.717) is 0 Å². The zero-order valence-corrected chi connectivity index (χ0v) is 15.2. The highest BCUT2D eigenvalue weighted by atomic mass is 16.1. The highest BCUT2D eigenvalue weighted by Gasteiger charge is 2.15. The van der Waals surface area contributed by atoms with Crippen molar-refractivity contribution in [3.05, 3.63) is 39.7 Å². The van der Waals surface area contributed by atoms with E-state index < -0.39 is 0 Å². The minimum Gasteiger partial charge on any atom is -0.326 e. The van der Waals surface area contributed by atoms with Gasteiger partial charge in [-0.25, -0.2) is 0 Å². The fourth-order valence-corrected chi connectivity index (χ4v) is 3.21. The van der Waals surface area contributed by atoms with Crippen molar-refractivity contribution in [3.8, 4) is 0 Å². The Morgan fingerprint density at radius 2 is 1.71 bits per heavy atom. The first-order valence-corrected chi connectivity index (χ1v) is 8.91. The molecule has 1 aromatic heterocycles. The summed E-state index contributed by atoms with van der Waals surface area (Å²) < 4.78 is 1.74. The van der Waals surface area contributed by atoms with Gasteiger partial charge in [-0.15, -0.1) is 0 Å². The van der Waals surface area contributed by atoms with Crippen LogP contribution in [-0.4, -0.2) is 10.5 Å². The number of aryl methyl sites for hydroxylation is 2. The van der Waals surface area contributed by atoms with Crippen molar-refractivity contribution in [2.24, 2.45) is 7.05 Å². The molecule has 0 aliphatic carbocycles. The van der Waals surface area contributed by atoms with Crippen LogP contribution in [0, 0.1) is 0 Å². The van der Waals surface area contributed by atoms with E-state index in [9.17, 15) is 9.59 Å². The van der Waals surface area contributed by atoms with E-state index in [-0.39, 0.29) is 11.5 Å². The van der Waals surface area contributed by atoms with Gasteiger partial charge in [0.05, 0.1) is 5.52 Å². The Hall–Kier alpha value is -2.10. The molecule has 0 spiro atoms. The van der Waals surface area contributed by atoms with Gasteiger partial charge in [0.1, 0.15) is 0 Å². The molecule has 4 heteroatoms. The van der Waals surface area contributed by atoms with Gasteiger partial charge in [-0.3, -0.25) is 9.59 Å². The zero-order valence-electron chi connectivity index (χ0n) is 15.2. The van der Waals surface area contributed by atoms with Crippen LogP contribution in [0.1, 0.15) is 57.6 Å². The number of aromatic nitrogens is 1. The summed E-state index contributed by atoms with van der Waals surface area (Å²) >= 11 is 0.